The summed E-state index contributed by atoms with van der Waals surface area (Å²) in [5, 5.41) is 2.86. The van der Waals surface area contributed by atoms with Crippen molar-refractivity contribution in [2.45, 2.75) is 24.0 Å². The van der Waals surface area contributed by atoms with E-state index in [1.165, 1.54) is 11.1 Å². The maximum Gasteiger partial charge on any atom is 0.228 e. The van der Waals surface area contributed by atoms with Crippen molar-refractivity contribution < 1.29 is 4.79 Å². The van der Waals surface area contributed by atoms with E-state index >= 15 is 0 Å². The van der Waals surface area contributed by atoms with Crippen LogP contribution in [0.3, 0.4) is 0 Å². The van der Waals surface area contributed by atoms with Gasteiger partial charge in [-0.2, -0.15) is 0 Å². The summed E-state index contributed by atoms with van der Waals surface area (Å²) < 4.78 is 0. The van der Waals surface area contributed by atoms with E-state index in [4.69, 9.17) is 5.73 Å². The smallest absolute Gasteiger partial charge is 0.228 e. The first-order valence-electron chi connectivity index (χ1n) is 6.52. The largest absolute Gasteiger partial charge is 0.398 e. The molecule has 0 saturated heterocycles. The minimum Gasteiger partial charge on any atom is -0.398 e. The van der Waals surface area contributed by atoms with Crippen LogP contribution >= 0.6 is 11.8 Å². The van der Waals surface area contributed by atoms with Crippen LogP contribution in [0.4, 0.5) is 11.4 Å². The van der Waals surface area contributed by atoms with Crippen LogP contribution in [0, 0.1) is 6.92 Å². The molecule has 2 aromatic rings. The molecule has 0 atom stereocenters. The molecule has 3 N–H and O–H groups in total. The van der Waals surface area contributed by atoms with Gasteiger partial charge in [-0.25, -0.2) is 0 Å². The van der Waals surface area contributed by atoms with Gasteiger partial charge in [0.05, 0.1) is 6.42 Å². The van der Waals surface area contributed by atoms with Gasteiger partial charge in [-0.05, 0) is 30.2 Å². The number of carbonyl (C=O) groups excluding carboxylic acids is 1. The number of aryl methyl sites for hydroxylation is 1. The number of benzene rings is 2. The van der Waals surface area contributed by atoms with Crippen molar-refractivity contribution >= 4 is 29.0 Å². The summed E-state index contributed by atoms with van der Waals surface area (Å²) >= 11 is 1.70. The second kappa shape index (κ2) is 5.21. The number of fused-ring (bicyclic) bond motifs is 1. The average Bonchev–Trinajstić information content (AvgIpc) is 2.75. The molecule has 4 heteroatoms. The molecule has 0 aromatic heterocycles. The van der Waals surface area contributed by atoms with Gasteiger partial charge in [0.2, 0.25) is 5.91 Å². The molecule has 0 bridgehead atoms. The monoisotopic (exact) mass is 284 g/mol. The Morgan fingerprint density at radius 3 is 2.95 bits per heavy atom. The van der Waals surface area contributed by atoms with Gasteiger partial charge in [-0.1, -0.05) is 29.8 Å². The molecule has 3 rings (SSSR count). The molecule has 1 aliphatic rings. The molecule has 1 aliphatic heterocycles. The minimum atomic E-state index is 0.0419. The van der Waals surface area contributed by atoms with Gasteiger partial charge in [-0.15, -0.1) is 11.8 Å². The normalized spacial score (nSPS) is 13.2. The molecular weight excluding hydrogens is 268 g/mol. The minimum absolute atomic E-state index is 0.0419. The number of rotatable bonds is 3. The van der Waals surface area contributed by atoms with E-state index < -0.39 is 0 Å². The molecule has 20 heavy (non-hydrogen) atoms. The Labute approximate surface area is 122 Å². The fourth-order valence-corrected chi connectivity index (χ4v) is 3.29. The third-order valence-corrected chi connectivity index (χ3v) is 4.48. The van der Waals surface area contributed by atoms with E-state index in [0.29, 0.717) is 6.42 Å². The molecule has 102 valence electrons. The first-order chi connectivity index (χ1) is 9.61. The number of nitrogens with two attached hydrogens (primary N) is 1. The first-order valence-corrected chi connectivity index (χ1v) is 7.51. The van der Waals surface area contributed by atoms with E-state index in [2.05, 4.69) is 36.5 Å². The van der Waals surface area contributed by atoms with Crippen molar-refractivity contribution in [1.29, 1.82) is 0 Å². The van der Waals surface area contributed by atoms with Gasteiger partial charge < -0.3 is 11.1 Å². The number of nitrogen functional groups attached to an aromatic ring is 1. The highest BCUT2D eigenvalue weighted by atomic mass is 32.2. The lowest BCUT2D eigenvalue weighted by molar-refractivity contribution is -0.115. The van der Waals surface area contributed by atoms with Crippen LogP contribution in [0.1, 0.15) is 16.7 Å². The van der Waals surface area contributed by atoms with Gasteiger partial charge in [0.15, 0.2) is 0 Å². The molecule has 0 saturated carbocycles. The van der Waals surface area contributed by atoms with Crippen molar-refractivity contribution in [1.82, 2.24) is 0 Å². The zero-order valence-corrected chi connectivity index (χ0v) is 12.1. The Morgan fingerprint density at radius 1 is 1.30 bits per heavy atom. The number of anilines is 2. The summed E-state index contributed by atoms with van der Waals surface area (Å²) in [6.45, 7) is 2.09. The summed E-state index contributed by atoms with van der Waals surface area (Å²) in [6, 6.07) is 12.3. The number of hydrogen-bond donors (Lipinski definition) is 2. The molecule has 2 aromatic carbocycles. The maximum atomic E-state index is 11.4. The quantitative estimate of drug-likeness (QED) is 0.671. The first kappa shape index (κ1) is 13.1. The molecular formula is C16H16N2OS. The van der Waals surface area contributed by atoms with E-state index in [0.717, 1.165) is 27.6 Å². The van der Waals surface area contributed by atoms with Crippen LogP contribution < -0.4 is 11.1 Å². The predicted octanol–water partition coefficient (Wildman–Crippen LogP) is 3.36. The van der Waals surface area contributed by atoms with E-state index in [1.807, 2.05) is 12.1 Å². The van der Waals surface area contributed by atoms with Gasteiger partial charge in [0.25, 0.3) is 0 Å². The second-order valence-electron chi connectivity index (χ2n) is 5.05. The van der Waals surface area contributed by atoms with Crippen molar-refractivity contribution in [2.75, 3.05) is 11.1 Å². The highest BCUT2D eigenvalue weighted by Crippen LogP contribution is 2.35. The topological polar surface area (TPSA) is 55.1 Å². The third-order valence-electron chi connectivity index (χ3n) is 3.34. The summed E-state index contributed by atoms with van der Waals surface area (Å²) in [6.07, 6.45) is 0.433. The predicted molar refractivity (Wildman–Crippen MR) is 83.9 cm³/mol. The molecule has 3 nitrogen and oxygen atoms in total. The van der Waals surface area contributed by atoms with Gasteiger partial charge in [0, 0.05) is 22.0 Å². The standard InChI is InChI=1S/C16H16N2OS/c1-10-3-2-4-11(5-10)9-20-15-8-14-12(6-13(15)17)7-16(19)18-14/h2-6,8H,7,9,17H2,1H3,(H,18,19). The average molecular weight is 284 g/mol. The van der Waals surface area contributed by atoms with Crippen molar-refractivity contribution in [2.24, 2.45) is 0 Å². The molecule has 1 heterocycles. The van der Waals surface area contributed by atoms with Gasteiger partial charge in [-0.3, -0.25) is 4.79 Å². The van der Waals surface area contributed by atoms with Crippen LogP contribution in [0.15, 0.2) is 41.3 Å². The molecule has 0 unspecified atom stereocenters. The van der Waals surface area contributed by atoms with Gasteiger partial charge >= 0.3 is 0 Å². The zero-order valence-electron chi connectivity index (χ0n) is 11.3. The number of amides is 1. The SMILES string of the molecule is Cc1cccc(CSc2cc3c(cc2N)CC(=O)N3)c1. The second-order valence-corrected chi connectivity index (χ2v) is 6.07. The number of thioether (sulfide) groups is 1. The molecule has 0 aliphatic carbocycles. The Hall–Kier alpha value is -1.94. The van der Waals surface area contributed by atoms with Crippen LogP contribution in [-0.2, 0) is 17.0 Å². The fraction of sp³-hybridized carbons (Fsp3) is 0.188. The van der Waals surface area contributed by atoms with Gasteiger partial charge in [0.1, 0.15) is 0 Å². The molecule has 0 radical (unpaired) electrons. The third kappa shape index (κ3) is 2.65. The van der Waals surface area contributed by atoms with E-state index in [1.54, 1.807) is 11.8 Å². The van der Waals surface area contributed by atoms with Crippen LogP contribution in [0.2, 0.25) is 0 Å². The lowest BCUT2D eigenvalue weighted by Crippen LogP contribution is -2.03. The fourth-order valence-electron chi connectivity index (χ4n) is 2.36. The molecule has 0 fully saturated rings. The zero-order chi connectivity index (χ0) is 14.1. The van der Waals surface area contributed by atoms with Crippen LogP contribution in [-0.4, -0.2) is 5.91 Å². The lowest BCUT2D eigenvalue weighted by atomic mass is 10.1. The number of carbonyl (C=O) groups is 1. The highest BCUT2D eigenvalue weighted by Gasteiger charge is 2.19. The van der Waals surface area contributed by atoms with E-state index in [9.17, 15) is 4.79 Å². The lowest BCUT2D eigenvalue weighted by Gasteiger charge is -2.09. The maximum absolute atomic E-state index is 11.4. The Bertz CT molecular complexity index is 682. The van der Waals surface area contributed by atoms with Crippen LogP contribution in [0.5, 0.6) is 0 Å². The van der Waals surface area contributed by atoms with Crippen molar-refractivity contribution in [3.63, 3.8) is 0 Å². The molecule has 0 spiro atoms. The van der Waals surface area contributed by atoms with Crippen LogP contribution in [0.25, 0.3) is 0 Å². The number of hydrogen-bond acceptors (Lipinski definition) is 3. The Morgan fingerprint density at radius 2 is 2.15 bits per heavy atom. The molecule has 1 amide bonds. The summed E-state index contributed by atoms with van der Waals surface area (Å²) in [5.41, 5.74) is 11.3. The Balaban J connectivity index is 1.78. The van der Waals surface area contributed by atoms with Crippen molar-refractivity contribution in [3.8, 4) is 0 Å². The summed E-state index contributed by atoms with van der Waals surface area (Å²) in [4.78, 5) is 12.4. The number of nitrogens with one attached hydrogen (secondary N) is 1. The highest BCUT2D eigenvalue weighted by molar-refractivity contribution is 7.98. The van der Waals surface area contributed by atoms with Crippen molar-refractivity contribution in [3.05, 3.63) is 53.1 Å². The van der Waals surface area contributed by atoms with E-state index in [-0.39, 0.29) is 5.91 Å². The summed E-state index contributed by atoms with van der Waals surface area (Å²) in [7, 11) is 0. The summed E-state index contributed by atoms with van der Waals surface area (Å²) in [5.74, 6) is 0.916. The Kier molecular flexibility index (Phi) is 3.40.